The molecule has 0 spiro atoms. The van der Waals surface area contributed by atoms with E-state index in [1.807, 2.05) is 18.5 Å². The molecule has 1 heterocycles. The molecule has 1 aromatic carbocycles. The molecule has 0 saturated heterocycles. The van der Waals surface area contributed by atoms with Crippen molar-refractivity contribution in [2.24, 2.45) is 5.73 Å². The van der Waals surface area contributed by atoms with E-state index in [1.165, 1.54) is 11.1 Å². The second-order valence-corrected chi connectivity index (χ2v) is 5.78. The smallest absolute Gasteiger partial charge is 0.0848 e. The molecule has 1 aromatic heterocycles. The van der Waals surface area contributed by atoms with Crippen LogP contribution in [0, 0.1) is 20.8 Å². The number of hydrogen-bond donors (Lipinski definition) is 1. The number of rotatable bonds is 4. The molecule has 0 aliphatic rings. The van der Waals surface area contributed by atoms with Crippen LogP contribution in [0.1, 0.15) is 35.9 Å². The Hall–Kier alpha value is -1.32. The van der Waals surface area contributed by atoms with E-state index in [2.05, 4.69) is 37.1 Å². The summed E-state index contributed by atoms with van der Waals surface area (Å²) in [5.41, 5.74) is 11.5. The second kappa shape index (κ2) is 5.98. The average Bonchev–Trinajstić information content (AvgIpc) is 2.66. The first-order valence-electron chi connectivity index (χ1n) is 7.01. The first-order chi connectivity index (χ1) is 9.43. The lowest BCUT2D eigenvalue weighted by Crippen LogP contribution is -2.22. The molecule has 2 rings (SSSR count). The van der Waals surface area contributed by atoms with Crippen molar-refractivity contribution >= 4 is 11.6 Å². The molecule has 3 nitrogen and oxygen atoms in total. The van der Waals surface area contributed by atoms with Gasteiger partial charge in [0.25, 0.3) is 0 Å². The zero-order chi connectivity index (χ0) is 14.9. The van der Waals surface area contributed by atoms with Crippen LogP contribution in [0.3, 0.4) is 0 Å². The zero-order valence-corrected chi connectivity index (χ0v) is 13.3. The van der Waals surface area contributed by atoms with E-state index in [4.69, 9.17) is 17.3 Å². The molecule has 108 valence electrons. The molecule has 4 heteroatoms. The third kappa shape index (κ3) is 2.89. The lowest BCUT2D eigenvalue weighted by Gasteiger charge is -2.15. The van der Waals surface area contributed by atoms with Gasteiger partial charge in [0.15, 0.2) is 0 Å². The van der Waals surface area contributed by atoms with Gasteiger partial charge in [-0.05, 0) is 45.2 Å². The van der Waals surface area contributed by atoms with Crippen molar-refractivity contribution in [2.75, 3.05) is 0 Å². The molecule has 0 fully saturated rings. The first-order valence-corrected chi connectivity index (χ1v) is 7.39. The fraction of sp³-hybridized carbons (Fsp3) is 0.438. The SMILES string of the molecule is CCC(N)Cc1cc(C)ccc1-n1nc(C)c(Cl)c1C. The Bertz CT molecular complexity index is 616. The first kappa shape index (κ1) is 15.1. The number of aromatic nitrogens is 2. The Labute approximate surface area is 125 Å². The molecule has 0 aliphatic heterocycles. The molecule has 20 heavy (non-hydrogen) atoms. The molecule has 0 radical (unpaired) electrons. The van der Waals surface area contributed by atoms with Gasteiger partial charge in [0.2, 0.25) is 0 Å². The van der Waals surface area contributed by atoms with Gasteiger partial charge in [-0.3, -0.25) is 0 Å². The third-order valence-electron chi connectivity index (χ3n) is 3.67. The van der Waals surface area contributed by atoms with Gasteiger partial charge in [-0.25, -0.2) is 4.68 Å². The maximum atomic E-state index is 6.26. The van der Waals surface area contributed by atoms with E-state index in [0.717, 1.165) is 34.9 Å². The van der Waals surface area contributed by atoms with Crippen molar-refractivity contribution in [3.8, 4) is 5.69 Å². The highest BCUT2D eigenvalue weighted by Crippen LogP contribution is 2.25. The van der Waals surface area contributed by atoms with E-state index in [1.54, 1.807) is 0 Å². The highest BCUT2D eigenvalue weighted by Gasteiger charge is 2.15. The van der Waals surface area contributed by atoms with Crippen LogP contribution in [-0.2, 0) is 6.42 Å². The second-order valence-electron chi connectivity index (χ2n) is 5.40. The van der Waals surface area contributed by atoms with Gasteiger partial charge in [-0.2, -0.15) is 5.10 Å². The molecular formula is C16H22ClN3. The Morgan fingerprint density at radius 1 is 1.30 bits per heavy atom. The molecule has 0 amide bonds. The predicted molar refractivity (Wildman–Crippen MR) is 84.8 cm³/mol. The fourth-order valence-electron chi connectivity index (χ4n) is 2.37. The molecule has 0 aliphatic carbocycles. The highest BCUT2D eigenvalue weighted by molar-refractivity contribution is 6.31. The Morgan fingerprint density at radius 2 is 2.00 bits per heavy atom. The molecular weight excluding hydrogens is 270 g/mol. The number of hydrogen-bond acceptors (Lipinski definition) is 2. The average molecular weight is 292 g/mol. The van der Waals surface area contributed by atoms with Crippen LogP contribution in [0.4, 0.5) is 0 Å². The number of nitrogens with two attached hydrogens (primary N) is 1. The minimum atomic E-state index is 0.169. The number of nitrogens with zero attached hydrogens (tertiary/aromatic N) is 2. The van der Waals surface area contributed by atoms with Crippen LogP contribution in [0.5, 0.6) is 0 Å². The monoisotopic (exact) mass is 291 g/mol. The summed E-state index contributed by atoms with van der Waals surface area (Å²) < 4.78 is 1.93. The minimum absolute atomic E-state index is 0.169. The van der Waals surface area contributed by atoms with Crippen molar-refractivity contribution in [2.45, 2.75) is 46.6 Å². The molecule has 2 N–H and O–H groups in total. The molecule has 0 saturated carbocycles. The molecule has 1 atom stereocenters. The highest BCUT2D eigenvalue weighted by atomic mass is 35.5. The third-order valence-corrected chi connectivity index (χ3v) is 4.22. The van der Waals surface area contributed by atoms with Gasteiger partial charge in [-0.1, -0.05) is 36.2 Å². The summed E-state index contributed by atoms with van der Waals surface area (Å²) in [5, 5.41) is 5.28. The molecule has 1 unspecified atom stereocenters. The largest absolute Gasteiger partial charge is 0.327 e. The van der Waals surface area contributed by atoms with Gasteiger partial charge < -0.3 is 5.73 Å². The van der Waals surface area contributed by atoms with Gasteiger partial charge >= 0.3 is 0 Å². The Kier molecular flexibility index (Phi) is 4.51. The van der Waals surface area contributed by atoms with E-state index >= 15 is 0 Å². The van der Waals surface area contributed by atoms with E-state index in [-0.39, 0.29) is 6.04 Å². The summed E-state index contributed by atoms with van der Waals surface area (Å²) in [6, 6.07) is 6.56. The minimum Gasteiger partial charge on any atom is -0.327 e. The van der Waals surface area contributed by atoms with Gasteiger partial charge in [-0.15, -0.1) is 0 Å². The molecule has 2 aromatic rings. The Morgan fingerprint density at radius 3 is 2.55 bits per heavy atom. The lowest BCUT2D eigenvalue weighted by atomic mass is 10.0. The molecule has 0 bridgehead atoms. The summed E-state index contributed by atoms with van der Waals surface area (Å²) in [5.74, 6) is 0. The topological polar surface area (TPSA) is 43.8 Å². The summed E-state index contributed by atoms with van der Waals surface area (Å²) in [6.07, 6.45) is 1.81. The van der Waals surface area contributed by atoms with Gasteiger partial charge in [0.05, 0.1) is 22.1 Å². The van der Waals surface area contributed by atoms with Crippen LogP contribution in [-0.4, -0.2) is 15.8 Å². The van der Waals surface area contributed by atoms with Crippen LogP contribution < -0.4 is 5.73 Å². The quantitative estimate of drug-likeness (QED) is 0.933. The van der Waals surface area contributed by atoms with Crippen LogP contribution in [0.15, 0.2) is 18.2 Å². The number of benzene rings is 1. The van der Waals surface area contributed by atoms with Crippen molar-refractivity contribution in [3.63, 3.8) is 0 Å². The maximum absolute atomic E-state index is 6.26. The van der Waals surface area contributed by atoms with Gasteiger partial charge in [0.1, 0.15) is 0 Å². The van der Waals surface area contributed by atoms with Crippen molar-refractivity contribution < 1.29 is 0 Å². The van der Waals surface area contributed by atoms with E-state index < -0.39 is 0 Å². The normalized spacial score (nSPS) is 12.7. The lowest BCUT2D eigenvalue weighted by molar-refractivity contribution is 0.641. The van der Waals surface area contributed by atoms with E-state index in [0.29, 0.717) is 0 Å². The van der Waals surface area contributed by atoms with Crippen molar-refractivity contribution in [1.82, 2.24) is 9.78 Å². The van der Waals surface area contributed by atoms with Crippen LogP contribution in [0.2, 0.25) is 5.02 Å². The van der Waals surface area contributed by atoms with Crippen LogP contribution >= 0.6 is 11.6 Å². The summed E-state index contributed by atoms with van der Waals surface area (Å²) >= 11 is 6.26. The Balaban J connectivity index is 2.52. The number of halogens is 1. The standard InChI is InChI=1S/C16H22ClN3/c1-5-14(18)9-13-8-10(2)6-7-15(13)20-12(4)16(17)11(3)19-20/h6-8,14H,5,9,18H2,1-4H3. The van der Waals surface area contributed by atoms with Crippen molar-refractivity contribution in [1.29, 1.82) is 0 Å². The number of aryl methyl sites for hydroxylation is 2. The van der Waals surface area contributed by atoms with E-state index in [9.17, 15) is 0 Å². The van der Waals surface area contributed by atoms with Crippen LogP contribution in [0.25, 0.3) is 5.69 Å². The fourth-order valence-corrected chi connectivity index (χ4v) is 2.49. The van der Waals surface area contributed by atoms with Crippen molar-refractivity contribution in [3.05, 3.63) is 45.7 Å². The zero-order valence-electron chi connectivity index (χ0n) is 12.6. The summed E-state index contributed by atoms with van der Waals surface area (Å²) in [6.45, 7) is 8.13. The summed E-state index contributed by atoms with van der Waals surface area (Å²) in [7, 11) is 0. The predicted octanol–water partition coefficient (Wildman–Crippen LogP) is 3.73. The summed E-state index contributed by atoms with van der Waals surface area (Å²) in [4.78, 5) is 0. The van der Waals surface area contributed by atoms with Gasteiger partial charge in [0, 0.05) is 6.04 Å². The maximum Gasteiger partial charge on any atom is 0.0848 e.